The van der Waals surface area contributed by atoms with E-state index in [0.717, 1.165) is 47.6 Å². The fourth-order valence-corrected chi connectivity index (χ4v) is 5.47. The number of methoxy groups -OCH3 is 1. The average molecular weight is 493 g/mol. The van der Waals surface area contributed by atoms with Crippen molar-refractivity contribution >= 4 is 6.03 Å². The van der Waals surface area contributed by atoms with Crippen LogP contribution < -0.4 is 10.1 Å². The Labute approximate surface area is 210 Å². The minimum atomic E-state index is -0.266. The molecule has 4 heterocycles. The van der Waals surface area contributed by atoms with Crippen LogP contribution in [0.5, 0.6) is 5.75 Å². The van der Waals surface area contributed by atoms with Crippen molar-refractivity contribution in [3.63, 3.8) is 0 Å². The summed E-state index contributed by atoms with van der Waals surface area (Å²) in [5, 5.41) is 10.9. The first-order chi connectivity index (χ1) is 17.4. The second-order valence-electron chi connectivity index (χ2n) is 9.99. The monoisotopic (exact) mass is 492 g/mol. The number of urea groups is 1. The molecule has 1 fully saturated rings. The molecule has 0 saturated carbocycles. The maximum atomic E-state index is 14.5. The molecule has 3 aromatic rings. The lowest BCUT2D eigenvalue weighted by Crippen LogP contribution is -2.53. The maximum Gasteiger partial charge on any atom is 0.317 e. The molecule has 0 radical (unpaired) electrons. The Kier molecular flexibility index (Phi) is 6.91. The van der Waals surface area contributed by atoms with E-state index < -0.39 is 0 Å². The molecule has 2 aliphatic rings. The topological polar surface area (TPSA) is 86.4 Å². The molecule has 0 spiro atoms. The lowest BCUT2D eigenvalue weighted by molar-refractivity contribution is 0.132. The van der Waals surface area contributed by atoms with E-state index in [0.29, 0.717) is 43.4 Å². The Morgan fingerprint density at radius 1 is 1.31 bits per heavy atom. The molecule has 1 aromatic carbocycles. The number of hydrogen-bond donors (Lipinski definition) is 2. The quantitative estimate of drug-likeness (QED) is 0.564. The third kappa shape index (κ3) is 5.06. The second kappa shape index (κ2) is 10.3. The van der Waals surface area contributed by atoms with E-state index in [4.69, 9.17) is 4.74 Å². The first-order valence-electron chi connectivity index (χ1n) is 12.5. The van der Waals surface area contributed by atoms with E-state index in [2.05, 4.69) is 32.3 Å². The summed E-state index contributed by atoms with van der Waals surface area (Å²) in [7, 11) is 1.56. The number of aromatic nitrogens is 3. The van der Waals surface area contributed by atoms with Crippen LogP contribution in [-0.2, 0) is 19.5 Å². The van der Waals surface area contributed by atoms with Crippen LogP contribution >= 0.6 is 0 Å². The number of aryl methyl sites for hydroxylation is 1. The SMILES string of the molecule is COc1cccc(F)c1CN1CC(C)CC(NC(=O)N2CCc3[nH]nc(-c4ccnc(C)c4)c3C2)C1. The predicted molar refractivity (Wildman–Crippen MR) is 135 cm³/mol. The smallest absolute Gasteiger partial charge is 0.317 e. The Morgan fingerprint density at radius 2 is 2.17 bits per heavy atom. The van der Waals surface area contributed by atoms with Gasteiger partial charge in [0, 0.05) is 72.9 Å². The van der Waals surface area contributed by atoms with Gasteiger partial charge in [-0.25, -0.2) is 9.18 Å². The summed E-state index contributed by atoms with van der Waals surface area (Å²) < 4.78 is 19.9. The van der Waals surface area contributed by atoms with Crippen molar-refractivity contribution in [2.75, 3.05) is 26.7 Å². The highest BCUT2D eigenvalue weighted by Crippen LogP contribution is 2.29. The van der Waals surface area contributed by atoms with E-state index in [-0.39, 0.29) is 17.9 Å². The molecule has 36 heavy (non-hydrogen) atoms. The Morgan fingerprint density at radius 3 is 2.97 bits per heavy atom. The molecule has 2 atom stereocenters. The molecule has 2 amide bonds. The minimum absolute atomic E-state index is 0.00733. The third-order valence-electron chi connectivity index (χ3n) is 7.13. The van der Waals surface area contributed by atoms with Crippen LogP contribution in [0.25, 0.3) is 11.3 Å². The van der Waals surface area contributed by atoms with Gasteiger partial charge in [-0.3, -0.25) is 15.0 Å². The summed E-state index contributed by atoms with van der Waals surface area (Å²) in [4.78, 5) is 21.6. The van der Waals surface area contributed by atoms with Gasteiger partial charge < -0.3 is 15.0 Å². The lowest BCUT2D eigenvalue weighted by atomic mass is 9.95. The zero-order chi connectivity index (χ0) is 25.2. The zero-order valence-electron chi connectivity index (χ0n) is 21.1. The fraction of sp³-hybridized carbons (Fsp3) is 0.444. The Balaban J connectivity index is 1.25. The van der Waals surface area contributed by atoms with Crippen molar-refractivity contribution in [1.29, 1.82) is 0 Å². The molecule has 190 valence electrons. The summed E-state index contributed by atoms with van der Waals surface area (Å²) >= 11 is 0. The highest BCUT2D eigenvalue weighted by atomic mass is 19.1. The Bertz CT molecular complexity index is 1240. The molecule has 9 heteroatoms. The number of likely N-dealkylation sites (tertiary alicyclic amines) is 1. The first kappa shape index (κ1) is 24.2. The first-order valence-corrected chi connectivity index (χ1v) is 12.5. The van der Waals surface area contributed by atoms with Gasteiger partial charge in [0.2, 0.25) is 0 Å². The van der Waals surface area contributed by atoms with Gasteiger partial charge in [-0.2, -0.15) is 5.10 Å². The number of aromatic amines is 1. The average Bonchev–Trinajstić information content (AvgIpc) is 3.28. The number of ether oxygens (including phenoxy) is 1. The molecular weight excluding hydrogens is 459 g/mol. The molecule has 1 saturated heterocycles. The van der Waals surface area contributed by atoms with Gasteiger partial charge in [0.1, 0.15) is 11.6 Å². The van der Waals surface area contributed by atoms with Gasteiger partial charge in [0.25, 0.3) is 0 Å². The van der Waals surface area contributed by atoms with Crippen LogP contribution in [0, 0.1) is 18.7 Å². The van der Waals surface area contributed by atoms with Crippen LogP contribution in [0.1, 0.15) is 35.9 Å². The van der Waals surface area contributed by atoms with Gasteiger partial charge in [-0.05, 0) is 43.5 Å². The van der Waals surface area contributed by atoms with Crippen molar-refractivity contribution in [2.45, 2.75) is 45.8 Å². The standard InChI is InChI=1S/C27H33FN6O2/c1-17-11-20(14-33(13-17)15-21-23(28)5-4-6-25(21)36-3)30-27(35)34-10-8-24-22(16-34)26(32-31-24)19-7-9-29-18(2)12-19/h4-7,9,12,17,20H,8,10-11,13-16H2,1-3H3,(H,30,35)(H,31,32). The van der Waals surface area contributed by atoms with Crippen LogP contribution in [0.4, 0.5) is 9.18 Å². The predicted octanol–water partition coefficient (Wildman–Crippen LogP) is 3.91. The second-order valence-corrected chi connectivity index (χ2v) is 9.99. The van der Waals surface area contributed by atoms with E-state index in [1.165, 1.54) is 6.07 Å². The number of carbonyl (C=O) groups excluding carboxylic acids is 1. The maximum absolute atomic E-state index is 14.5. The molecule has 2 aromatic heterocycles. The van der Waals surface area contributed by atoms with Gasteiger partial charge in [-0.15, -0.1) is 0 Å². The number of halogens is 1. The van der Waals surface area contributed by atoms with Crippen LogP contribution in [0.2, 0.25) is 0 Å². The fourth-order valence-electron chi connectivity index (χ4n) is 5.47. The van der Waals surface area contributed by atoms with Crippen molar-refractivity contribution in [2.24, 2.45) is 5.92 Å². The van der Waals surface area contributed by atoms with Gasteiger partial charge >= 0.3 is 6.03 Å². The largest absolute Gasteiger partial charge is 0.496 e. The molecule has 2 unspecified atom stereocenters. The molecule has 5 rings (SSSR count). The van der Waals surface area contributed by atoms with Crippen molar-refractivity contribution in [3.05, 3.63) is 64.9 Å². The van der Waals surface area contributed by atoms with Gasteiger partial charge in [0.15, 0.2) is 0 Å². The summed E-state index contributed by atoms with van der Waals surface area (Å²) in [6.45, 7) is 7.23. The molecule has 8 nitrogen and oxygen atoms in total. The number of nitrogens with one attached hydrogen (secondary N) is 2. The number of fused-ring (bicyclic) bond motifs is 1. The summed E-state index contributed by atoms with van der Waals surface area (Å²) in [6.07, 6.45) is 3.41. The van der Waals surface area contributed by atoms with E-state index in [9.17, 15) is 9.18 Å². The number of carbonyl (C=O) groups is 1. The molecule has 2 aliphatic heterocycles. The summed E-state index contributed by atoms with van der Waals surface area (Å²) in [5.41, 5.74) is 5.51. The third-order valence-corrected chi connectivity index (χ3v) is 7.13. The van der Waals surface area contributed by atoms with Gasteiger partial charge in [-0.1, -0.05) is 13.0 Å². The van der Waals surface area contributed by atoms with Crippen molar-refractivity contribution in [3.8, 4) is 17.0 Å². The normalized spacial score (nSPS) is 20.2. The molecule has 0 bridgehead atoms. The number of benzene rings is 1. The summed E-state index contributed by atoms with van der Waals surface area (Å²) in [6, 6.07) is 8.79. The Hall–Kier alpha value is -3.46. The zero-order valence-corrected chi connectivity index (χ0v) is 21.1. The number of pyridine rings is 1. The van der Waals surface area contributed by atoms with Crippen LogP contribution in [0.3, 0.4) is 0 Å². The molecular formula is C27H33FN6O2. The highest BCUT2D eigenvalue weighted by molar-refractivity contribution is 5.76. The van der Waals surface area contributed by atoms with E-state index in [1.807, 2.05) is 24.0 Å². The van der Waals surface area contributed by atoms with Crippen LogP contribution in [-0.4, -0.2) is 63.8 Å². The van der Waals surface area contributed by atoms with Crippen molar-refractivity contribution in [1.82, 2.24) is 30.3 Å². The number of amides is 2. The molecule has 0 aliphatic carbocycles. The molecule has 2 N–H and O–H groups in total. The van der Waals surface area contributed by atoms with E-state index in [1.54, 1.807) is 25.4 Å². The van der Waals surface area contributed by atoms with E-state index >= 15 is 0 Å². The van der Waals surface area contributed by atoms with Crippen molar-refractivity contribution < 1.29 is 13.9 Å². The number of hydrogen-bond acceptors (Lipinski definition) is 5. The lowest BCUT2D eigenvalue weighted by Gasteiger charge is -2.38. The highest BCUT2D eigenvalue weighted by Gasteiger charge is 2.31. The number of piperidine rings is 1. The number of rotatable bonds is 5. The minimum Gasteiger partial charge on any atom is -0.496 e. The van der Waals surface area contributed by atoms with Crippen LogP contribution in [0.15, 0.2) is 36.5 Å². The van der Waals surface area contributed by atoms with Gasteiger partial charge in [0.05, 0.1) is 19.3 Å². The number of nitrogens with zero attached hydrogens (tertiary/aromatic N) is 4. The summed E-state index contributed by atoms with van der Waals surface area (Å²) in [5.74, 6) is 0.668. The number of H-pyrrole nitrogens is 1.